The second-order valence-electron chi connectivity index (χ2n) is 6.35. The van der Waals surface area contributed by atoms with Crippen molar-refractivity contribution in [2.45, 2.75) is 32.4 Å². The Hall–Kier alpha value is -1.39. The number of carbonyl (C=O) groups is 1. The van der Waals surface area contributed by atoms with E-state index in [1.807, 2.05) is 18.2 Å². The van der Waals surface area contributed by atoms with E-state index >= 15 is 0 Å². The first-order valence-corrected chi connectivity index (χ1v) is 7.66. The molecule has 2 aliphatic rings. The summed E-state index contributed by atoms with van der Waals surface area (Å²) < 4.78 is 5.42. The number of nitrogens with zero attached hydrogens (tertiary/aromatic N) is 1. The smallest absolute Gasteiger partial charge is 0.159 e. The molecule has 1 saturated heterocycles. The number of fused-ring (bicyclic) bond motifs is 1. The Morgan fingerprint density at radius 3 is 2.86 bits per heavy atom. The number of hydrogen-bond acceptors (Lipinski definition) is 4. The second kappa shape index (κ2) is 5.78. The zero-order valence-electron chi connectivity index (χ0n) is 12.7. The number of carbonyl (C=O) groups excluding carboxylic acids is 1. The van der Waals surface area contributed by atoms with Gasteiger partial charge in [0, 0.05) is 36.7 Å². The molecule has 1 N–H and O–H groups in total. The lowest BCUT2D eigenvalue weighted by atomic mass is 10.00. The van der Waals surface area contributed by atoms with Gasteiger partial charge in [-0.05, 0) is 43.9 Å². The van der Waals surface area contributed by atoms with Gasteiger partial charge in [0.1, 0.15) is 5.75 Å². The van der Waals surface area contributed by atoms with E-state index in [-0.39, 0.29) is 11.9 Å². The first kappa shape index (κ1) is 14.5. The quantitative estimate of drug-likeness (QED) is 0.862. The van der Waals surface area contributed by atoms with Crippen LogP contribution in [0.3, 0.4) is 0 Å². The number of hydrogen-bond donors (Lipinski definition) is 1. The summed E-state index contributed by atoms with van der Waals surface area (Å²) >= 11 is 0. The van der Waals surface area contributed by atoms with Crippen LogP contribution in [0, 0.1) is 11.8 Å². The molecular formula is C17H23NO3. The first-order chi connectivity index (χ1) is 10.1. The number of ether oxygens (including phenoxy) is 1. The standard InChI is InChI=1S/C17H23NO3/c1-11(19)12-4-6-17(21-2)14(7-12)9-18-8-13-3-5-16(20)15(13)10-18/h4,6-7,13,15-16,20H,3,5,8-10H2,1-2H3. The van der Waals surface area contributed by atoms with Crippen LogP contribution in [-0.2, 0) is 6.54 Å². The Kier molecular flexibility index (Phi) is 4.00. The number of rotatable bonds is 4. The number of Topliss-reactive ketones (excluding diaryl/α,β-unsaturated/α-hetero) is 1. The van der Waals surface area contributed by atoms with Crippen molar-refractivity contribution in [3.05, 3.63) is 29.3 Å². The van der Waals surface area contributed by atoms with Crippen molar-refractivity contribution in [2.24, 2.45) is 11.8 Å². The molecule has 114 valence electrons. The van der Waals surface area contributed by atoms with Crippen molar-refractivity contribution in [2.75, 3.05) is 20.2 Å². The minimum Gasteiger partial charge on any atom is -0.496 e. The average Bonchev–Trinajstić information content (AvgIpc) is 3.01. The minimum absolute atomic E-state index is 0.0765. The number of likely N-dealkylation sites (tertiary alicyclic amines) is 1. The predicted octanol–water partition coefficient (Wildman–Crippen LogP) is 2.10. The van der Waals surface area contributed by atoms with E-state index in [4.69, 9.17) is 4.74 Å². The van der Waals surface area contributed by atoms with E-state index in [9.17, 15) is 9.90 Å². The summed E-state index contributed by atoms with van der Waals surface area (Å²) in [4.78, 5) is 13.9. The van der Waals surface area contributed by atoms with Crippen LogP contribution in [0.25, 0.3) is 0 Å². The van der Waals surface area contributed by atoms with Gasteiger partial charge in [-0.2, -0.15) is 0 Å². The summed E-state index contributed by atoms with van der Waals surface area (Å²) in [6.07, 6.45) is 1.95. The molecule has 2 fully saturated rings. The zero-order chi connectivity index (χ0) is 15.0. The molecule has 1 aromatic carbocycles. The highest BCUT2D eigenvalue weighted by Gasteiger charge is 2.41. The fourth-order valence-electron chi connectivity index (χ4n) is 3.82. The van der Waals surface area contributed by atoms with Gasteiger partial charge in [-0.3, -0.25) is 9.69 Å². The first-order valence-electron chi connectivity index (χ1n) is 7.66. The number of ketones is 1. The molecule has 1 aromatic rings. The fourth-order valence-corrected chi connectivity index (χ4v) is 3.82. The fraction of sp³-hybridized carbons (Fsp3) is 0.588. The van der Waals surface area contributed by atoms with Crippen LogP contribution in [0.5, 0.6) is 5.75 Å². The average molecular weight is 289 g/mol. The molecule has 1 aliphatic carbocycles. The molecule has 21 heavy (non-hydrogen) atoms. The van der Waals surface area contributed by atoms with Crippen molar-refractivity contribution in [3.8, 4) is 5.75 Å². The van der Waals surface area contributed by atoms with Crippen LogP contribution in [-0.4, -0.2) is 42.1 Å². The van der Waals surface area contributed by atoms with Crippen molar-refractivity contribution in [1.82, 2.24) is 4.90 Å². The largest absolute Gasteiger partial charge is 0.496 e. The molecular weight excluding hydrogens is 266 g/mol. The molecule has 4 nitrogen and oxygen atoms in total. The maximum atomic E-state index is 11.5. The normalized spacial score (nSPS) is 28.6. The lowest BCUT2D eigenvalue weighted by Crippen LogP contribution is -2.24. The van der Waals surface area contributed by atoms with Gasteiger partial charge >= 0.3 is 0 Å². The third-order valence-electron chi connectivity index (χ3n) is 4.98. The lowest BCUT2D eigenvalue weighted by molar-refractivity contribution is 0.101. The molecule has 1 heterocycles. The summed E-state index contributed by atoms with van der Waals surface area (Å²) in [5, 5.41) is 10.0. The van der Waals surface area contributed by atoms with Crippen LogP contribution >= 0.6 is 0 Å². The Labute approximate surface area is 125 Å². The predicted molar refractivity (Wildman–Crippen MR) is 80.5 cm³/mol. The molecule has 1 aliphatic heterocycles. The van der Waals surface area contributed by atoms with Crippen LogP contribution in [0.4, 0.5) is 0 Å². The Morgan fingerprint density at radius 2 is 2.19 bits per heavy atom. The van der Waals surface area contributed by atoms with Crippen molar-refractivity contribution < 1.29 is 14.6 Å². The molecule has 0 radical (unpaired) electrons. The third kappa shape index (κ3) is 2.83. The summed E-state index contributed by atoms with van der Waals surface area (Å²) in [5.41, 5.74) is 1.78. The van der Waals surface area contributed by atoms with Crippen molar-refractivity contribution in [1.29, 1.82) is 0 Å². The van der Waals surface area contributed by atoms with E-state index in [0.29, 0.717) is 11.8 Å². The van der Waals surface area contributed by atoms with Gasteiger partial charge < -0.3 is 9.84 Å². The number of aliphatic hydroxyl groups is 1. The van der Waals surface area contributed by atoms with Gasteiger partial charge in [0.05, 0.1) is 13.2 Å². The summed E-state index contributed by atoms with van der Waals surface area (Å²) in [6.45, 7) is 4.35. The Morgan fingerprint density at radius 1 is 1.38 bits per heavy atom. The van der Waals surface area contributed by atoms with Gasteiger partial charge in [0.2, 0.25) is 0 Å². The van der Waals surface area contributed by atoms with Crippen molar-refractivity contribution >= 4 is 5.78 Å². The van der Waals surface area contributed by atoms with E-state index in [0.717, 1.165) is 49.4 Å². The maximum absolute atomic E-state index is 11.5. The monoisotopic (exact) mass is 289 g/mol. The van der Waals surface area contributed by atoms with Crippen LogP contribution in [0.1, 0.15) is 35.7 Å². The SMILES string of the molecule is COc1ccc(C(C)=O)cc1CN1CC2CCC(O)C2C1. The molecule has 0 spiro atoms. The molecule has 0 amide bonds. The highest BCUT2D eigenvalue weighted by molar-refractivity contribution is 5.94. The van der Waals surface area contributed by atoms with Crippen LogP contribution < -0.4 is 4.74 Å². The van der Waals surface area contributed by atoms with Gasteiger partial charge in [-0.15, -0.1) is 0 Å². The number of benzene rings is 1. The summed E-state index contributed by atoms with van der Waals surface area (Å²) in [7, 11) is 1.66. The van der Waals surface area contributed by atoms with E-state index < -0.39 is 0 Å². The van der Waals surface area contributed by atoms with E-state index in [2.05, 4.69) is 4.90 Å². The van der Waals surface area contributed by atoms with Gasteiger partial charge in [0.25, 0.3) is 0 Å². The zero-order valence-corrected chi connectivity index (χ0v) is 12.7. The Bertz CT molecular complexity index is 543. The summed E-state index contributed by atoms with van der Waals surface area (Å²) in [6, 6.07) is 5.62. The number of aliphatic hydroxyl groups excluding tert-OH is 1. The van der Waals surface area contributed by atoms with Crippen molar-refractivity contribution in [3.63, 3.8) is 0 Å². The molecule has 3 unspecified atom stereocenters. The summed E-state index contributed by atoms with van der Waals surface area (Å²) in [5.74, 6) is 1.96. The van der Waals surface area contributed by atoms with Gasteiger partial charge in [-0.25, -0.2) is 0 Å². The molecule has 0 aromatic heterocycles. The lowest BCUT2D eigenvalue weighted by Gasteiger charge is -2.20. The molecule has 3 rings (SSSR count). The highest BCUT2D eigenvalue weighted by Crippen LogP contribution is 2.39. The van der Waals surface area contributed by atoms with E-state index in [1.54, 1.807) is 14.0 Å². The highest BCUT2D eigenvalue weighted by atomic mass is 16.5. The topological polar surface area (TPSA) is 49.8 Å². The molecule has 0 bridgehead atoms. The second-order valence-corrected chi connectivity index (χ2v) is 6.35. The van der Waals surface area contributed by atoms with Crippen LogP contribution in [0.15, 0.2) is 18.2 Å². The van der Waals surface area contributed by atoms with Gasteiger partial charge in [-0.1, -0.05) is 0 Å². The van der Waals surface area contributed by atoms with Gasteiger partial charge in [0.15, 0.2) is 5.78 Å². The maximum Gasteiger partial charge on any atom is 0.159 e. The molecule has 1 saturated carbocycles. The van der Waals surface area contributed by atoms with E-state index in [1.165, 1.54) is 0 Å². The Balaban J connectivity index is 1.75. The molecule has 3 atom stereocenters. The van der Waals surface area contributed by atoms with Crippen LogP contribution in [0.2, 0.25) is 0 Å². The molecule has 4 heteroatoms. The third-order valence-corrected chi connectivity index (χ3v) is 4.98. The minimum atomic E-state index is -0.134. The number of methoxy groups -OCH3 is 1.